The Morgan fingerprint density at radius 3 is 1.62 bits per heavy atom. The van der Waals surface area contributed by atoms with Gasteiger partial charge in [0.1, 0.15) is 24.4 Å². The van der Waals surface area contributed by atoms with Crippen molar-refractivity contribution in [2.75, 3.05) is 0 Å². The molecule has 172 valence electrons. The minimum atomic E-state index is -1.06. The summed E-state index contributed by atoms with van der Waals surface area (Å²) >= 11 is 0. The molecule has 10 unspecified atom stereocenters. The van der Waals surface area contributed by atoms with E-state index in [9.17, 15) is 10.2 Å². The summed E-state index contributed by atoms with van der Waals surface area (Å²) in [5.74, 6) is 0. The Hall–Kier alpha value is -0.360. The number of nitrogens with two attached hydrogens (primary N) is 2. The van der Waals surface area contributed by atoms with Gasteiger partial charge in [0.2, 0.25) is 0 Å². The highest BCUT2D eigenvalue weighted by Crippen LogP contribution is 2.31. The third kappa shape index (κ3) is 6.32. The second-order valence-corrected chi connectivity index (χ2v) is 10.1. The zero-order valence-corrected chi connectivity index (χ0v) is 18.9. The molecule has 0 bridgehead atoms. The van der Waals surface area contributed by atoms with Crippen LogP contribution in [-0.2, 0) is 23.7 Å². The number of hydrogen-bond acceptors (Lipinski definition) is 9. The van der Waals surface area contributed by atoms with E-state index in [1.165, 1.54) is 0 Å². The SMILES string of the molecule is CC1OC(OC(C)(C)C)C(N)C(O)C1OC1OC(C)C(OC(C)(C)C)C(O)C1N. The van der Waals surface area contributed by atoms with Gasteiger partial charge in [-0.1, -0.05) is 0 Å². The van der Waals surface area contributed by atoms with Crippen LogP contribution < -0.4 is 11.5 Å². The van der Waals surface area contributed by atoms with E-state index in [4.69, 9.17) is 35.2 Å². The minimum Gasteiger partial charge on any atom is -0.388 e. The second kappa shape index (κ2) is 9.02. The third-order valence-corrected chi connectivity index (χ3v) is 4.96. The maximum Gasteiger partial charge on any atom is 0.176 e. The lowest BCUT2D eigenvalue weighted by molar-refractivity contribution is -0.333. The maximum absolute atomic E-state index is 10.7. The predicted octanol–water partition coefficient (Wildman–Crippen LogP) is 0.236. The van der Waals surface area contributed by atoms with Gasteiger partial charge in [-0.3, -0.25) is 0 Å². The molecule has 0 radical (unpaired) electrons. The normalized spacial score (nSPS) is 44.7. The molecule has 0 aliphatic carbocycles. The van der Waals surface area contributed by atoms with Crippen molar-refractivity contribution in [3.8, 4) is 0 Å². The van der Waals surface area contributed by atoms with Crippen molar-refractivity contribution in [2.24, 2.45) is 11.5 Å². The fraction of sp³-hybridized carbons (Fsp3) is 1.00. The maximum atomic E-state index is 10.7. The van der Waals surface area contributed by atoms with Gasteiger partial charge in [-0.2, -0.15) is 0 Å². The summed E-state index contributed by atoms with van der Waals surface area (Å²) < 4.78 is 29.4. The fourth-order valence-electron chi connectivity index (χ4n) is 3.57. The summed E-state index contributed by atoms with van der Waals surface area (Å²) in [6, 6.07) is -1.67. The fourth-order valence-corrected chi connectivity index (χ4v) is 3.57. The first-order valence-corrected chi connectivity index (χ1v) is 10.3. The van der Waals surface area contributed by atoms with Crippen molar-refractivity contribution in [3.63, 3.8) is 0 Å². The molecule has 2 heterocycles. The van der Waals surface area contributed by atoms with Gasteiger partial charge in [0, 0.05) is 0 Å². The molecular formula is C20H40N2O7. The van der Waals surface area contributed by atoms with Crippen LogP contribution in [0.5, 0.6) is 0 Å². The number of hydrogen-bond donors (Lipinski definition) is 4. The van der Waals surface area contributed by atoms with Gasteiger partial charge in [-0.05, 0) is 55.4 Å². The van der Waals surface area contributed by atoms with Gasteiger partial charge in [0.05, 0.1) is 35.5 Å². The molecule has 0 aromatic rings. The molecule has 2 aliphatic heterocycles. The third-order valence-electron chi connectivity index (χ3n) is 4.96. The van der Waals surface area contributed by atoms with Crippen LogP contribution in [0.3, 0.4) is 0 Å². The molecule has 0 aromatic carbocycles. The topological polar surface area (TPSA) is 139 Å². The average Bonchev–Trinajstić information content (AvgIpc) is 2.55. The van der Waals surface area contributed by atoms with Gasteiger partial charge < -0.3 is 45.4 Å². The Labute approximate surface area is 173 Å². The molecule has 0 spiro atoms. The number of ether oxygens (including phenoxy) is 5. The average molecular weight is 421 g/mol. The van der Waals surface area contributed by atoms with Crippen molar-refractivity contribution in [3.05, 3.63) is 0 Å². The Bertz CT molecular complexity index is 536. The lowest BCUT2D eigenvalue weighted by atomic mass is 9.95. The van der Waals surface area contributed by atoms with Crippen molar-refractivity contribution in [1.29, 1.82) is 0 Å². The van der Waals surface area contributed by atoms with E-state index in [2.05, 4.69) is 0 Å². The summed E-state index contributed by atoms with van der Waals surface area (Å²) in [5.41, 5.74) is 11.4. The number of aliphatic hydroxyl groups is 2. The molecule has 29 heavy (non-hydrogen) atoms. The predicted molar refractivity (Wildman–Crippen MR) is 107 cm³/mol. The molecule has 9 nitrogen and oxygen atoms in total. The van der Waals surface area contributed by atoms with Crippen LogP contribution in [0.4, 0.5) is 0 Å². The van der Waals surface area contributed by atoms with Crippen LogP contribution >= 0.6 is 0 Å². The van der Waals surface area contributed by atoms with Crippen LogP contribution in [0.1, 0.15) is 55.4 Å². The molecule has 2 aliphatic rings. The van der Waals surface area contributed by atoms with Crippen molar-refractivity contribution in [1.82, 2.24) is 0 Å². The Balaban J connectivity index is 2.06. The van der Waals surface area contributed by atoms with Crippen LogP contribution in [0.2, 0.25) is 0 Å². The van der Waals surface area contributed by atoms with Gasteiger partial charge >= 0.3 is 0 Å². The molecule has 2 saturated heterocycles. The summed E-state index contributed by atoms with van der Waals surface area (Å²) in [6.07, 6.45) is -6.14. The summed E-state index contributed by atoms with van der Waals surface area (Å²) in [6.45, 7) is 14.9. The van der Waals surface area contributed by atoms with Crippen LogP contribution in [0.15, 0.2) is 0 Å². The Morgan fingerprint density at radius 2 is 1.10 bits per heavy atom. The molecule has 6 N–H and O–H groups in total. The summed E-state index contributed by atoms with van der Waals surface area (Å²) in [7, 11) is 0. The number of rotatable bonds is 4. The molecule has 0 amide bonds. The molecule has 0 saturated carbocycles. The molecule has 2 fully saturated rings. The quantitative estimate of drug-likeness (QED) is 0.503. The molecular weight excluding hydrogens is 380 g/mol. The Kier molecular flexibility index (Phi) is 7.74. The zero-order chi connectivity index (χ0) is 22.3. The largest absolute Gasteiger partial charge is 0.388 e. The van der Waals surface area contributed by atoms with Crippen molar-refractivity contribution < 1.29 is 33.9 Å². The summed E-state index contributed by atoms with van der Waals surface area (Å²) in [4.78, 5) is 0. The highest BCUT2D eigenvalue weighted by molar-refractivity contribution is 4.96. The first kappa shape index (κ1) is 24.9. The second-order valence-electron chi connectivity index (χ2n) is 10.1. The molecule has 10 atom stereocenters. The van der Waals surface area contributed by atoms with E-state index >= 15 is 0 Å². The monoisotopic (exact) mass is 420 g/mol. The van der Waals surface area contributed by atoms with Gasteiger partial charge in [-0.25, -0.2) is 0 Å². The van der Waals surface area contributed by atoms with Crippen molar-refractivity contribution in [2.45, 2.75) is 128 Å². The van der Waals surface area contributed by atoms with Gasteiger partial charge in [-0.15, -0.1) is 0 Å². The first-order chi connectivity index (χ1) is 13.1. The van der Waals surface area contributed by atoms with E-state index in [0.29, 0.717) is 0 Å². The van der Waals surface area contributed by atoms with E-state index < -0.39 is 72.5 Å². The van der Waals surface area contributed by atoms with Crippen LogP contribution in [0, 0.1) is 0 Å². The Morgan fingerprint density at radius 1 is 0.690 bits per heavy atom. The van der Waals surface area contributed by atoms with E-state index in [1.54, 1.807) is 13.8 Å². The summed E-state index contributed by atoms with van der Waals surface area (Å²) in [5, 5.41) is 21.4. The first-order valence-electron chi connectivity index (χ1n) is 10.3. The van der Waals surface area contributed by atoms with Crippen LogP contribution in [-0.4, -0.2) is 82.7 Å². The molecule has 2 rings (SSSR count). The molecule has 9 heteroatoms. The zero-order valence-electron chi connectivity index (χ0n) is 18.9. The highest BCUT2D eigenvalue weighted by Gasteiger charge is 2.49. The number of aliphatic hydroxyl groups excluding tert-OH is 2. The van der Waals surface area contributed by atoms with E-state index in [0.717, 1.165) is 0 Å². The van der Waals surface area contributed by atoms with E-state index in [-0.39, 0.29) is 0 Å². The smallest absolute Gasteiger partial charge is 0.176 e. The van der Waals surface area contributed by atoms with Crippen LogP contribution in [0.25, 0.3) is 0 Å². The lowest BCUT2D eigenvalue weighted by Crippen LogP contribution is -2.67. The van der Waals surface area contributed by atoms with E-state index in [1.807, 2.05) is 41.5 Å². The standard InChI is InChI=1S/C20H40N2O7/c1-9-15(13(23)12(22)18(26-9)29-20(6,7)8)27-17-11(21)14(24)16(10(2)25-17)28-19(3,4)5/h9-18,23-24H,21-22H2,1-8H3. The lowest BCUT2D eigenvalue weighted by Gasteiger charge is -2.48. The highest BCUT2D eigenvalue weighted by atomic mass is 16.7. The van der Waals surface area contributed by atoms with Crippen molar-refractivity contribution >= 4 is 0 Å². The van der Waals surface area contributed by atoms with Gasteiger partial charge in [0.15, 0.2) is 12.6 Å². The molecule has 0 aromatic heterocycles. The van der Waals surface area contributed by atoms with Gasteiger partial charge in [0.25, 0.3) is 0 Å². The minimum absolute atomic E-state index is 0.461.